The van der Waals surface area contributed by atoms with Crippen molar-refractivity contribution in [2.75, 3.05) is 6.54 Å². The van der Waals surface area contributed by atoms with Crippen molar-refractivity contribution in [3.05, 3.63) is 53.7 Å². The molecule has 2 aromatic heterocycles. The fourth-order valence-corrected chi connectivity index (χ4v) is 3.78. The van der Waals surface area contributed by atoms with E-state index in [9.17, 15) is 4.79 Å². The molecule has 3 N–H and O–H groups in total. The number of aromatic nitrogens is 3. The average molecular weight is 404 g/mol. The van der Waals surface area contributed by atoms with E-state index in [1.165, 1.54) is 0 Å². The van der Waals surface area contributed by atoms with Gasteiger partial charge in [-0.25, -0.2) is 9.67 Å². The van der Waals surface area contributed by atoms with Crippen molar-refractivity contribution in [3.8, 4) is 16.4 Å². The first-order valence-electron chi connectivity index (χ1n) is 8.69. The van der Waals surface area contributed by atoms with Crippen molar-refractivity contribution in [3.63, 3.8) is 0 Å². The molecule has 6 nitrogen and oxygen atoms in total. The highest BCUT2D eigenvalue weighted by Gasteiger charge is 2.42. The Balaban J connectivity index is 0.00000210. The molecule has 1 saturated carbocycles. The lowest BCUT2D eigenvalue weighted by Crippen LogP contribution is -2.53. The molecule has 1 unspecified atom stereocenters. The first-order chi connectivity index (χ1) is 12.6. The average Bonchev–Trinajstić information content (AvgIpc) is 3.21. The molecular formula is C19H22ClN5OS. The maximum Gasteiger partial charge on any atom is 0.291 e. The number of benzene rings is 1. The maximum absolute atomic E-state index is 12.8. The number of para-hydroxylation sites is 1. The van der Waals surface area contributed by atoms with Crippen LogP contribution in [0.2, 0.25) is 0 Å². The lowest BCUT2D eigenvalue weighted by atomic mass is 9.96. The lowest BCUT2D eigenvalue weighted by Gasteiger charge is -2.28. The molecule has 2 heterocycles. The Morgan fingerprint density at radius 2 is 2.04 bits per heavy atom. The molecule has 3 aromatic rings. The van der Waals surface area contributed by atoms with Crippen LogP contribution in [0.4, 0.5) is 0 Å². The zero-order valence-electron chi connectivity index (χ0n) is 15.0. The van der Waals surface area contributed by atoms with Gasteiger partial charge in [0.15, 0.2) is 5.82 Å². The molecule has 142 valence electrons. The van der Waals surface area contributed by atoms with Crippen LogP contribution in [0, 0.1) is 5.92 Å². The normalized spacial score (nSPS) is 15.6. The number of rotatable bonds is 6. The second kappa shape index (κ2) is 7.80. The number of nitrogens with two attached hydrogens (primary N) is 1. The van der Waals surface area contributed by atoms with Crippen molar-refractivity contribution < 1.29 is 4.79 Å². The summed E-state index contributed by atoms with van der Waals surface area (Å²) in [6.07, 6.45) is 2.20. The molecule has 0 saturated heterocycles. The predicted octanol–water partition coefficient (Wildman–Crippen LogP) is 3.27. The van der Waals surface area contributed by atoms with E-state index in [-0.39, 0.29) is 24.1 Å². The van der Waals surface area contributed by atoms with Crippen LogP contribution in [0.25, 0.3) is 16.4 Å². The van der Waals surface area contributed by atoms with Crippen molar-refractivity contribution in [2.45, 2.75) is 25.3 Å². The van der Waals surface area contributed by atoms with E-state index in [1.54, 1.807) is 16.0 Å². The molecule has 0 radical (unpaired) electrons. The molecule has 0 aliphatic heterocycles. The lowest BCUT2D eigenvalue weighted by molar-refractivity contribution is 0.0887. The van der Waals surface area contributed by atoms with Gasteiger partial charge in [0.05, 0.1) is 16.1 Å². The third-order valence-corrected chi connectivity index (χ3v) is 5.72. The number of nitrogens with zero attached hydrogens (tertiary/aromatic N) is 3. The summed E-state index contributed by atoms with van der Waals surface area (Å²) >= 11 is 1.57. The van der Waals surface area contributed by atoms with Gasteiger partial charge in [0, 0.05) is 6.54 Å². The van der Waals surface area contributed by atoms with Crippen LogP contribution in [0.5, 0.6) is 0 Å². The molecule has 1 atom stereocenters. The van der Waals surface area contributed by atoms with Crippen molar-refractivity contribution in [2.24, 2.45) is 11.7 Å². The number of amides is 1. The minimum Gasteiger partial charge on any atom is -0.343 e. The smallest absolute Gasteiger partial charge is 0.291 e. The summed E-state index contributed by atoms with van der Waals surface area (Å²) in [6.45, 7) is 2.40. The Morgan fingerprint density at radius 1 is 1.30 bits per heavy atom. The van der Waals surface area contributed by atoms with Crippen LogP contribution < -0.4 is 11.1 Å². The molecule has 0 bridgehead atoms. The van der Waals surface area contributed by atoms with Gasteiger partial charge >= 0.3 is 0 Å². The molecule has 27 heavy (non-hydrogen) atoms. The van der Waals surface area contributed by atoms with Crippen LogP contribution in [0.15, 0.2) is 47.8 Å². The highest BCUT2D eigenvalue weighted by Crippen LogP contribution is 2.39. The van der Waals surface area contributed by atoms with E-state index in [0.29, 0.717) is 18.3 Å². The van der Waals surface area contributed by atoms with Gasteiger partial charge in [-0.3, -0.25) is 4.79 Å². The molecule has 1 fully saturated rings. The Morgan fingerprint density at radius 3 is 2.63 bits per heavy atom. The van der Waals surface area contributed by atoms with Gasteiger partial charge in [0.1, 0.15) is 0 Å². The number of nitrogens with one attached hydrogen (secondary N) is 1. The van der Waals surface area contributed by atoms with Gasteiger partial charge < -0.3 is 11.1 Å². The molecule has 8 heteroatoms. The summed E-state index contributed by atoms with van der Waals surface area (Å²) in [5, 5.41) is 9.54. The number of hydrogen-bond donors (Lipinski definition) is 2. The zero-order valence-corrected chi connectivity index (χ0v) is 16.6. The highest BCUT2D eigenvalue weighted by molar-refractivity contribution is 7.13. The Hall–Kier alpha value is -2.22. The van der Waals surface area contributed by atoms with Crippen LogP contribution in [0.3, 0.4) is 0 Å². The van der Waals surface area contributed by atoms with E-state index in [1.807, 2.05) is 54.8 Å². The molecule has 1 aliphatic rings. The van der Waals surface area contributed by atoms with Crippen LogP contribution in [0.1, 0.15) is 30.4 Å². The minimum absolute atomic E-state index is 0. The van der Waals surface area contributed by atoms with Crippen LogP contribution in [-0.4, -0.2) is 32.8 Å². The second-order valence-electron chi connectivity index (χ2n) is 6.83. The number of hydrogen-bond acceptors (Lipinski definition) is 5. The Labute approximate surface area is 168 Å². The van der Waals surface area contributed by atoms with Gasteiger partial charge in [0.25, 0.3) is 5.91 Å². The molecule has 1 aliphatic carbocycles. The Bertz CT molecular complexity index is 908. The van der Waals surface area contributed by atoms with Gasteiger partial charge in [-0.2, -0.15) is 0 Å². The van der Waals surface area contributed by atoms with Crippen molar-refractivity contribution >= 4 is 29.7 Å². The predicted molar refractivity (Wildman–Crippen MR) is 110 cm³/mol. The Kier molecular flexibility index (Phi) is 5.64. The number of halogens is 1. The molecule has 0 spiro atoms. The van der Waals surface area contributed by atoms with Gasteiger partial charge in [0.2, 0.25) is 5.82 Å². The highest BCUT2D eigenvalue weighted by atomic mass is 35.5. The molecule has 4 rings (SSSR count). The summed E-state index contributed by atoms with van der Waals surface area (Å²) in [5.41, 5.74) is 6.38. The zero-order chi connectivity index (χ0) is 18.1. The topological polar surface area (TPSA) is 85.8 Å². The van der Waals surface area contributed by atoms with E-state index >= 15 is 0 Å². The summed E-state index contributed by atoms with van der Waals surface area (Å²) in [7, 11) is 0. The molecule has 1 aromatic carbocycles. The van der Waals surface area contributed by atoms with Gasteiger partial charge in [-0.05, 0) is 49.3 Å². The first-order valence-corrected chi connectivity index (χ1v) is 9.57. The van der Waals surface area contributed by atoms with E-state index in [4.69, 9.17) is 5.73 Å². The van der Waals surface area contributed by atoms with Crippen LogP contribution in [-0.2, 0) is 0 Å². The molecular weight excluding hydrogens is 382 g/mol. The van der Waals surface area contributed by atoms with E-state index < -0.39 is 5.54 Å². The van der Waals surface area contributed by atoms with E-state index in [0.717, 1.165) is 23.4 Å². The standard InChI is InChI=1S/C19H21N5OS.ClH/c1-19(12-20,13-9-10-13)22-18(25)16-21-17(15-8-5-11-26-15)24(23-16)14-6-3-2-4-7-14;/h2-8,11,13H,9-10,12,20H2,1H3,(H,22,25);1H. The van der Waals surface area contributed by atoms with E-state index in [2.05, 4.69) is 15.4 Å². The summed E-state index contributed by atoms with van der Waals surface area (Å²) in [6, 6.07) is 13.7. The number of carbonyl (C=O) groups excluding carboxylic acids is 1. The van der Waals surface area contributed by atoms with Crippen molar-refractivity contribution in [1.29, 1.82) is 0 Å². The maximum atomic E-state index is 12.8. The first kappa shape index (κ1) is 19.5. The van der Waals surface area contributed by atoms with Gasteiger partial charge in [-0.1, -0.05) is 24.3 Å². The third-order valence-electron chi connectivity index (χ3n) is 4.85. The second-order valence-corrected chi connectivity index (χ2v) is 7.78. The van der Waals surface area contributed by atoms with Gasteiger partial charge in [-0.15, -0.1) is 28.8 Å². The van der Waals surface area contributed by atoms with Crippen molar-refractivity contribution in [1.82, 2.24) is 20.1 Å². The SMILES string of the molecule is CC(CN)(NC(=O)c1nc(-c2cccs2)n(-c2ccccc2)n1)C1CC1.Cl. The molecule has 1 amide bonds. The number of thiophene rings is 1. The quantitative estimate of drug-likeness (QED) is 0.661. The fraction of sp³-hybridized carbons (Fsp3) is 0.316. The summed E-state index contributed by atoms with van der Waals surface area (Å²) in [5.74, 6) is 0.983. The third kappa shape index (κ3) is 3.90. The van der Waals surface area contributed by atoms with Crippen LogP contribution >= 0.6 is 23.7 Å². The summed E-state index contributed by atoms with van der Waals surface area (Å²) in [4.78, 5) is 18.3. The minimum atomic E-state index is -0.404. The monoisotopic (exact) mass is 403 g/mol. The number of carbonyl (C=O) groups is 1. The largest absolute Gasteiger partial charge is 0.343 e. The summed E-state index contributed by atoms with van der Waals surface area (Å²) < 4.78 is 1.72. The fourth-order valence-electron chi connectivity index (χ4n) is 3.08.